The van der Waals surface area contributed by atoms with Gasteiger partial charge in [0, 0.05) is 19.4 Å². The number of alkyl halides is 2. The SMILES string of the molecule is C=C(C)C(OC(C)=O)C(F)(F)C[C@@H](C)[C@H]1CC[C@H]2[C@@H](O[Si](C)(C)C(C)(C)C)CCC[C@]12C. The van der Waals surface area contributed by atoms with E-state index in [1.54, 1.807) is 0 Å². The van der Waals surface area contributed by atoms with E-state index >= 15 is 8.78 Å². The number of hydrogen-bond donors (Lipinski definition) is 0. The Hall–Kier alpha value is -0.753. The minimum Gasteiger partial charge on any atom is -0.452 e. The van der Waals surface area contributed by atoms with E-state index in [2.05, 4.69) is 47.4 Å². The molecule has 0 saturated heterocycles. The number of carbonyl (C=O) groups excluding carboxylic acids is 1. The number of rotatable bonds is 8. The van der Waals surface area contributed by atoms with Crippen LogP contribution in [0, 0.1) is 23.2 Å². The van der Waals surface area contributed by atoms with Crippen molar-refractivity contribution in [2.24, 2.45) is 23.2 Å². The smallest absolute Gasteiger partial charge is 0.303 e. The monoisotopic (exact) mass is 472 g/mol. The third kappa shape index (κ3) is 5.65. The molecule has 2 rings (SSSR count). The van der Waals surface area contributed by atoms with E-state index in [4.69, 9.17) is 9.16 Å². The Morgan fingerprint density at radius 3 is 2.28 bits per heavy atom. The van der Waals surface area contributed by atoms with Crippen molar-refractivity contribution in [2.45, 2.75) is 123 Å². The van der Waals surface area contributed by atoms with Crippen LogP contribution in [0.5, 0.6) is 0 Å². The molecule has 0 heterocycles. The van der Waals surface area contributed by atoms with Gasteiger partial charge in [0.2, 0.25) is 0 Å². The predicted molar refractivity (Wildman–Crippen MR) is 129 cm³/mol. The molecule has 1 unspecified atom stereocenters. The number of esters is 1. The molecule has 3 nitrogen and oxygen atoms in total. The van der Waals surface area contributed by atoms with Crippen LogP contribution in [-0.4, -0.2) is 32.4 Å². The van der Waals surface area contributed by atoms with Crippen LogP contribution in [0.2, 0.25) is 18.1 Å². The number of fused-ring (bicyclic) bond motifs is 1. The predicted octanol–water partition coefficient (Wildman–Crippen LogP) is 7.76. The van der Waals surface area contributed by atoms with E-state index in [-0.39, 0.29) is 40.4 Å². The summed E-state index contributed by atoms with van der Waals surface area (Å²) in [5, 5.41) is 0.155. The molecule has 0 spiro atoms. The van der Waals surface area contributed by atoms with Crippen LogP contribution in [0.25, 0.3) is 0 Å². The minimum atomic E-state index is -3.13. The van der Waals surface area contributed by atoms with Gasteiger partial charge >= 0.3 is 5.97 Å². The number of halogens is 2. The lowest BCUT2D eigenvalue weighted by Gasteiger charge is -2.50. The Bertz CT molecular complexity index is 700. The molecular weight excluding hydrogens is 426 g/mol. The molecule has 0 N–H and O–H groups in total. The summed E-state index contributed by atoms with van der Waals surface area (Å²) in [7, 11) is -1.89. The first-order chi connectivity index (χ1) is 14.4. The van der Waals surface area contributed by atoms with Crippen molar-refractivity contribution in [1.29, 1.82) is 0 Å². The van der Waals surface area contributed by atoms with Crippen LogP contribution < -0.4 is 0 Å². The normalized spacial score (nSPS) is 31.0. The highest BCUT2D eigenvalue weighted by Gasteiger charge is 2.56. The highest BCUT2D eigenvalue weighted by atomic mass is 28.4. The van der Waals surface area contributed by atoms with Crippen LogP contribution >= 0.6 is 0 Å². The molecule has 6 atom stereocenters. The first-order valence-electron chi connectivity index (χ1n) is 12.3. The molecule has 2 aliphatic carbocycles. The van der Waals surface area contributed by atoms with Gasteiger partial charge < -0.3 is 9.16 Å². The highest BCUT2D eigenvalue weighted by Crippen LogP contribution is 2.60. The third-order valence-corrected chi connectivity index (χ3v) is 13.3. The fraction of sp³-hybridized carbons (Fsp3) is 0.885. The molecule has 6 heteroatoms. The summed E-state index contributed by atoms with van der Waals surface area (Å²) in [6.07, 6.45) is 3.62. The zero-order valence-electron chi connectivity index (χ0n) is 21.8. The first-order valence-corrected chi connectivity index (χ1v) is 15.2. The molecule has 32 heavy (non-hydrogen) atoms. The Kier molecular flexibility index (Phi) is 8.14. The molecule has 0 aromatic carbocycles. The molecule has 0 aromatic rings. The third-order valence-electron chi connectivity index (χ3n) is 8.78. The van der Waals surface area contributed by atoms with Crippen LogP contribution in [0.15, 0.2) is 12.2 Å². The summed E-state index contributed by atoms with van der Waals surface area (Å²) in [6, 6.07) is 0. The van der Waals surface area contributed by atoms with E-state index in [1.807, 2.05) is 6.92 Å². The molecule has 0 aliphatic heterocycles. The molecule has 186 valence electrons. The Morgan fingerprint density at radius 1 is 1.19 bits per heavy atom. The van der Waals surface area contributed by atoms with Crippen LogP contribution in [0.1, 0.15) is 87.0 Å². The summed E-state index contributed by atoms with van der Waals surface area (Å²) < 4.78 is 42.3. The van der Waals surface area contributed by atoms with Gasteiger partial charge in [0.25, 0.3) is 5.92 Å². The molecular formula is C26H46F2O3Si. The van der Waals surface area contributed by atoms with E-state index in [9.17, 15) is 4.79 Å². The zero-order valence-corrected chi connectivity index (χ0v) is 22.8. The minimum absolute atomic E-state index is 0.0148. The molecule has 2 aliphatic rings. The van der Waals surface area contributed by atoms with Gasteiger partial charge in [-0.05, 0) is 79.5 Å². The van der Waals surface area contributed by atoms with Crippen molar-refractivity contribution in [2.75, 3.05) is 0 Å². The number of ether oxygens (including phenoxy) is 1. The summed E-state index contributed by atoms with van der Waals surface area (Å²) in [5.74, 6) is -3.36. The molecule has 2 fully saturated rings. The zero-order chi connectivity index (χ0) is 24.7. The summed E-state index contributed by atoms with van der Waals surface area (Å²) in [6.45, 7) is 22.0. The average molecular weight is 473 g/mol. The van der Waals surface area contributed by atoms with Gasteiger partial charge in [-0.1, -0.05) is 47.6 Å². The molecule has 0 radical (unpaired) electrons. The molecule has 0 aromatic heterocycles. The van der Waals surface area contributed by atoms with Crippen molar-refractivity contribution >= 4 is 14.3 Å². The molecule has 0 bridgehead atoms. The van der Waals surface area contributed by atoms with Gasteiger partial charge in [-0.25, -0.2) is 8.78 Å². The van der Waals surface area contributed by atoms with E-state index < -0.39 is 26.3 Å². The fourth-order valence-corrected chi connectivity index (χ4v) is 7.58. The van der Waals surface area contributed by atoms with Crippen LogP contribution in [-0.2, 0) is 14.0 Å². The largest absolute Gasteiger partial charge is 0.452 e. The van der Waals surface area contributed by atoms with Gasteiger partial charge in [0.05, 0.1) is 0 Å². The Morgan fingerprint density at radius 2 is 1.78 bits per heavy atom. The quantitative estimate of drug-likeness (QED) is 0.206. The fourth-order valence-electron chi connectivity index (χ4n) is 6.18. The van der Waals surface area contributed by atoms with Gasteiger partial charge in [0.1, 0.15) is 0 Å². The lowest BCUT2D eigenvalue weighted by atomic mass is 9.61. The second kappa shape index (κ2) is 9.48. The van der Waals surface area contributed by atoms with Gasteiger partial charge in [-0.2, -0.15) is 0 Å². The summed E-state index contributed by atoms with van der Waals surface area (Å²) in [4.78, 5) is 11.4. The van der Waals surface area contributed by atoms with E-state index in [1.165, 1.54) is 13.8 Å². The van der Waals surface area contributed by atoms with Gasteiger partial charge in [0.15, 0.2) is 14.4 Å². The second-order valence-electron chi connectivity index (χ2n) is 12.4. The van der Waals surface area contributed by atoms with E-state index in [0.717, 1.165) is 32.1 Å². The Labute approximate surface area is 195 Å². The standard InChI is InChI=1S/C26H46F2O3Si/c1-17(2)23(30-19(4)29)26(27,28)16-18(3)20-13-14-21-22(12-11-15-25(20,21)8)31-32(9,10)24(5,6)7/h18,20-23H,1,11-16H2,2-10H3/t18-,20-,21+,22+,23?,25-/m1/s1. The lowest BCUT2D eigenvalue weighted by Crippen LogP contribution is -2.50. The molecule has 2 saturated carbocycles. The van der Waals surface area contributed by atoms with Crippen LogP contribution in [0.4, 0.5) is 8.78 Å². The van der Waals surface area contributed by atoms with Crippen LogP contribution in [0.3, 0.4) is 0 Å². The van der Waals surface area contributed by atoms with Gasteiger partial charge in [-0.3, -0.25) is 4.79 Å². The van der Waals surface area contributed by atoms with Crippen molar-refractivity contribution in [3.8, 4) is 0 Å². The maximum absolute atomic E-state index is 15.2. The topological polar surface area (TPSA) is 35.5 Å². The lowest BCUT2D eigenvalue weighted by molar-refractivity contribution is -0.170. The molecule has 0 amide bonds. The van der Waals surface area contributed by atoms with Crippen molar-refractivity contribution in [3.05, 3.63) is 12.2 Å². The number of hydrogen-bond acceptors (Lipinski definition) is 3. The second-order valence-corrected chi connectivity index (χ2v) is 17.1. The van der Waals surface area contributed by atoms with Gasteiger partial charge in [-0.15, -0.1) is 0 Å². The summed E-state index contributed by atoms with van der Waals surface area (Å²) >= 11 is 0. The number of carbonyl (C=O) groups is 1. The van der Waals surface area contributed by atoms with Crippen molar-refractivity contribution < 1.29 is 22.7 Å². The Balaban J connectivity index is 2.19. The van der Waals surface area contributed by atoms with Crippen molar-refractivity contribution in [3.63, 3.8) is 0 Å². The summed E-state index contributed by atoms with van der Waals surface area (Å²) in [5.41, 5.74) is 0.203. The maximum Gasteiger partial charge on any atom is 0.303 e. The van der Waals surface area contributed by atoms with E-state index in [0.29, 0.717) is 5.92 Å². The first kappa shape index (κ1) is 27.5. The van der Waals surface area contributed by atoms with Crippen molar-refractivity contribution in [1.82, 2.24) is 0 Å². The highest BCUT2D eigenvalue weighted by molar-refractivity contribution is 6.74. The average Bonchev–Trinajstić information content (AvgIpc) is 2.95. The maximum atomic E-state index is 15.2.